The quantitative estimate of drug-likeness (QED) is 0.666. The first kappa shape index (κ1) is 20.2. The van der Waals surface area contributed by atoms with Crippen molar-refractivity contribution in [1.29, 1.82) is 0 Å². The number of aryl methyl sites for hydroxylation is 1. The molecule has 3 aromatic rings. The molecule has 7 nitrogen and oxygen atoms in total. The third-order valence-corrected chi connectivity index (χ3v) is 5.11. The van der Waals surface area contributed by atoms with Gasteiger partial charge in [0.25, 0.3) is 11.5 Å². The summed E-state index contributed by atoms with van der Waals surface area (Å²) in [6.07, 6.45) is 5.15. The summed E-state index contributed by atoms with van der Waals surface area (Å²) in [4.78, 5) is 25.7. The SMILES string of the molecule is CSCC(C)NC(=O)c1cc(-c2ccc(Cl)cc2)nn(-c2cnn(C)c2)c1=O. The smallest absolute Gasteiger partial charge is 0.284 e. The zero-order chi connectivity index (χ0) is 20.3. The molecular weight excluding hydrogens is 398 g/mol. The van der Waals surface area contributed by atoms with Crippen LogP contribution >= 0.6 is 23.4 Å². The van der Waals surface area contributed by atoms with Crippen LogP contribution in [0.4, 0.5) is 0 Å². The van der Waals surface area contributed by atoms with Gasteiger partial charge in [-0.1, -0.05) is 23.7 Å². The van der Waals surface area contributed by atoms with Crippen LogP contribution in [0.2, 0.25) is 5.02 Å². The molecule has 0 saturated heterocycles. The summed E-state index contributed by atoms with van der Waals surface area (Å²) >= 11 is 7.59. The molecule has 1 amide bonds. The van der Waals surface area contributed by atoms with Crippen molar-refractivity contribution in [2.24, 2.45) is 7.05 Å². The molecule has 28 heavy (non-hydrogen) atoms. The van der Waals surface area contributed by atoms with E-state index < -0.39 is 11.5 Å². The Kier molecular flexibility index (Phi) is 6.21. The maximum atomic E-state index is 13.0. The zero-order valence-electron chi connectivity index (χ0n) is 15.7. The van der Waals surface area contributed by atoms with Crippen molar-refractivity contribution in [1.82, 2.24) is 24.9 Å². The van der Waals surface area contributed by atoms with E-state index in [0.29, 0.717) is 16.4 Å². The molecule has 0 spiro atoms. The first-order valence-electron chi connectivity index (χ1n) is 8.58. The van der Waals surface area contributed by atoms with E-state index in [2.05, 4.69) is 15.5 Å². The van der Waals surface area contributed by atoms with E-state index in [1.54, 1.807) is 54.0 Å². The molecule has 0 bridgehead atoms. The van der Waals surface area contributed by atoms with Crippen LogP contribution in [0.25, 0.3) is 16.9 Å². The maximum absolute atomic E-state index is 13.0. The van der Waals surface area contributed by atoms with Gasteiger partial charge in [-0.25, -0.2) is 0 Å². The second-order valence-electron chi connectivity index (χ2n) is 6.37. The fraction of sp³-hybridized carbons (Fsp3) is 0.263. The van der Waals surface area contributed by atoms with Gasteiger partial charge in [0, 0.05) is 29.4 Å². The Hall–Kier alpha value is -2.58. The van der Waals surface area contributed by atoms with E-state index in [0.717, 1.165) is 11.3 Å². The van der Waals surface area contributed by atoms with Gasteiger partial charge in [0.15, 0.2) is 0 Å². The number of aromatic nitrogens is 4. The van der Waals surface area contributed by atoms with Gasteiger partial charge in [-0.15, -0.1) is 0 Å². The average molecular weight is 418 g/mol. The van der Waals surface area contributed by atoms with Crippen molar-refractivity contribution < 1.29 is 4.79 Å². The van der Waals surface area contributed by atoms with E-state index >= 15 is 0 Å². The van der Waals surface area contributed by atoms with Gasteiger partial charge < -0.3 is 5.32 Å². The fourth-order valence-electron chi connectivity index (χ4n) is 2.70. The van der Waals surface area contributed by atoms with E-state index in [-0.39, 0.29) is 11.6 Å². The lowest BCUT2D eigenvalue weighted by molar-refractivity contribution is 0.0941. The molecule has 9 heteroatoms. The van der Waals surface area contributed by atoms with Crippen LogP contribution in [0.5, 0.6) is 0 Å². The van der Waals surface area contributed by atoms with Gasteiger partial charge in [0.2, 0.25) is 0 Å². The third kappa shape index (κ3) is 4.45. The number of benzene rings is 1. The van der Waals surface area contributed by atoms with Crippen LogP contribution in [0.15, 0.2) is 47.5 Å². The molecule has 1 atom stereocenters. The zero-order valence-corrected chi connectivity index (χ0v) is 17.3. The molecule has 3 rings (SSSR count). The lowest BCUT2D eigenvalue weighted by Gasteiger charge is -2.14. The predicted octanol–water partition coefficient (Wildman–Crippen LogP) is 2.77. The highest BCUT2D eigenvalue weighted by Crippen LogP contribution is 2.20. The number of carbonyl (C=O) groups is 1. The molecule has 2 heterocycles. The summed E-state index contributed by atoms with van der Waals surface area (Å²) in [6, 6.07) is 8.50. The van der Waals surface area contributed by atoms with Crippen molar-refractivity contribution in [2.45, 2.75) is 13.0 Å². The van der Waals surface area contributed by atoms with E-state index in [1.807, 2.05) is 13.2 Å². The molecule has 0 aliphatic heterocycles. The number of nitrogens with one attached hydrogen (secondary N) is 1. The summed E-state index contributed by atoms with van der Waals surface area (Å²) in [5.74, 6) is 0.319. The molecule has 0 fully saturated rings. The molecule has 0 aliphatic carbocycles. The predicted molar refractivity (Wildman–Crippen MR) is 112 cm³/mol. The first-order valence-corrected chi connectivity index (χ1v) is 10.4. The van der Waals surface area contributed by atoms with Gasteiger partial charge in [0.1, 0.15) is 11.3 Å². The van der Waals surface area contributed by atoms with Gasteiger partial charge >= 0.3 is 0 Å². The molecule has 1 N–H and O–H groups in total. The van der Waals surface area contributed by atoms with Gasteiger partial charge in [0.05, 0.1) is 18.1 Å². The van der Waals surface area contributed by atoms with Gasteiger partial charge in [-0.3, -0.25) is 14.3 Å². The van der Waals surface area contributed by atoms with Crippen molar-refractivity contribution >= 4 is 29.3 Å². The third-order valence-electron chi connectivity index (χ3n) is 4.03. The number of carbonyl (C=O) groups excluding carboxylic acids is 1. The summed E-state index contributed by atoms with van der Waals surface area (Å²) < 4.78 is 2.77. The molecule has 146 valence electrons. The van der Waals surface area contributed by atoms with E-state index in [1.165, 1.54) is 16.9 Å². The highest BCUT2D eigenvalue weighted by Gasteiger charge is 2.19. The van der Waals surface area contributed by atoms with Gasteiger partial charge in [-0.2, -0.15) is 26.6 Å². The summed E-state index contributed by atoms with van der Waals surface area (Å²) in [7, 11) is 1.75. The minimum atomic E-state index is -0.500. The number of amides is 1. The Balaban J connectivity index is 2.12. The van der Waals surface area contributed by atoms with Crippen LogP contribution in [0.3, 0.4) is 0 Å². The highest BCUT2D eigenvalue weighted by molar-refractivity contribution is 7.98. The minimum absolute atomic E-state index is 0.0248. The monoisotopic (exact) mass is 417 g/mol. The highest BCUT2D eigenvalue weighted by atomic mass is 35.5. The number of rotatable bonds is 6. The molecule has 1 unspecified atom stereocenters. The summed E-state index contributed by atoms with van der Waals surface area (Å²) in [5, 5.41) is 12.0. The standard InChI is InChI=1S/C19H20ClN5O2S/c1-12(11-28-3)22-18(26)16-8-17(13-4-6-14(20)7-5-13)23-25(19(16)27)15-9-21-24(2)10-15/h4-10,12H,11H2,1-3H3,(H,22,26). The van der Waals surface area contributed by atoms with Gasteiger partial charge in [-0.05, 0) is 31.4 Å². The Labute approximate surface area is 171 Å². The van der Waals surface area contributed by atoms with E-state index in [4.69, 9.17) is 11.6 Å². The Morgan fingerprint density at radius 1 is 1.32 bits per heavy atom. The van der Waals surface area contributed by atoms with Crippen LogP contribution in [0, 0.1) is 0 Å². The molecule has 2 aromatic heterocycles. The number of halogens is 1. The second-order valence-corrected chi connectivity index (χ2v) is 7.72. The normalized spacial score (nSPS) is 12.0. The molecular formula is C19H20ClN5O2S. The van der Waals surface area contributed by atoms with Crippen molar-refractivity contribution in [3.63, 3.8) is 0 Å². The molecule has 1 aromatic carbocycles. The first-order chi connectivity index (χ1) is 13.4. The topological polar surface area (TPSA) is 81.8 Å². The largest absolute Gasteiger partial charge is 0.349 e. The van der Waals surface area contributed by atoms with Crippen LogP contribution < -0.4 is 10.9 Å². The average Bonchev–Trinajstić information content (AvgIpc) is 3.09. The number of hydrogen-bond donors (Lipinski definition) is 1. The fourth-order valence-corrected chi connectivity index (χ4v) is 3.41. The summed E-state index contributed by atoms with van der Waals surface area (Å²) in [5.41, 5.74) is 1.24. The molecule has 0 aliphatic rings. The Bertz CT molecular complexity index is 1050. The lowest BCUT2D eigenvalue weighted by atomic mass is 10.1. The van der Waals surface area contributed by atoms with Crippen LogP contribution in [-0.4, -0.2) is 43.5 Å². The number of nitrogens with zero attached hydrogens (tertiary/aromatic N) is 4. The molecule has 0 radical (unpaired) electrons. The maximum Gasteiger partial charge on any atom is 0.284 e. The number of thioether (sulfide) groups is 1. The summed E-state index contributed by atoms with van der Waals surface area (Å²) in [6.45, 7) is 1.90. The number of hydrogen-bond acceptors (Lipinski definition) is 5. The Morgan fingerprint density at radius 2 is 2.04 bits per heavy atom. The second kappa shape index (κ2) is 8.62. The van der Waals surface area contributed by atoms with Crippen LogP contribution in [0.1, 0.15) is 17.3 Å². The van der Waals surface area contributed by atoms with E-state index in [9.17, 15) is 9.59 Å². The Morgan fingerprint density at radius 3 is 2.64 bits per heavy atom. The van der Waals surface area contributed by atoms with Crippen molar-refractivity contribution in [3.8, 4) is 16.9 Å². The molecule has 0 saturated carbocycles. The van der Waals surface area contributed by atoms with Crippen molar-refractivity contribution in [2.75, 3.05) is 12.0 Å². The minimum Gasteiger partial charge on any atom is -0.349 e. The van der Waals surface area contributed by atoms with Crippen LogP contribution in [-0.2, 0) is 7.05 Å². The lowest BCUT2D eigenvalue weighted by Crippen LogP contribution is -2.39. The van der Waals surface area contributed by atoms with Crippen molar-refractivity contribution in [3.05, 3.63) is 63.7 Å².